The average Bonchev–Trinajstić information content (AvgIpc) is 3.18. The second-order valence-corrected chi connectivity index (χ2v) is 6.47. The number of aromatic nitrogens is 3. The second-order valence-electron chi connectivity index (χ2n) is 6.47. The molecule has 0 atom stereocenters. The zero-order valence-electron chi connectivity index (χ0n) is 17.5. The third-order valence-electron chi connectivity index (χ3n) is 4.57. The van der Waals surface area contributed by atoms with Crippen molar-refractivity contribution in [3.8, 4) is 22.6 Å². The molecule has 5 heteroatoms. The molecule has 4 aromatic rings. The zero-order chi connectivity index (χ0) is 21.3. The summed E-state index contributed by atoms with van der Waals surface area (Å²) in [6.45, 7) is 4.46. The molecule has 0 aliphatic carbocycles. The summed E-state index contributed by atoms with van der Waals surface area (Å²) in [5.41, 5.74) is 4.00. The van der Waals surface area contributed by atoms with Gasteiger partial charge in [-0.3, -0.25) is 9.78 Å². The molecule has 2 heterocycles. The highest BCUT2D eigenvalue weighted by atomic mass is 16.2. The van der Waals surface area contributed by atoms with Gasteiger partial charge in [0.1, 0.15) is 17.2 Å². The number of nitrogens with zero attached hydrogens (tertiary/aromatic N) is 3. The van der Waals surface area contributed by atoms with Gasteiger partial charge in [0.15, 0.2) is 0 Å². The summed E-state index contributed by atoms with van der Waals surface area (Å²) in [6, 6.07) is 23.4. The zero-order valence-corrected chi connectivity index (χ0v) is 17.5. The summed E-state index contributed by atoms with van der Waals surface area (Å²) >= 11 is 0. The van der Waals surface area contributed by atoms with Crippen molar-refractivity contribution in [2.24, 2.45) is 7.05 Å². The van der Waals surface area contributed by atoms with Crippen LogP contribution in [0.3, 0.4) is 0 Å². The maximum absolute atomic E-state index is 13.1. The molecule has 4 rings (SSSR count). The molecule has 2 aromatic heterocycles. The quantitative estimate of drug-likeness (QED) is 0.508. The van der Waals surface area contributed by atoms with E-state index in [1.165, 1.54) is 0 Å². The van der Waals surface area contributed by atoms with Gasteiger partial charge in [-0.15, -0.1) is 0 Å². The molecule has 0 fully saturated rings. The van der Waals surface area contributed by atoms with Gasteiger partial charge in [0.25, 0.3) is 5.91 Å². The number of hydrogen-bond acceptors (Lipinski definition) is 3. The van der Waals surface area contributed by atoms with E-state index in [1.54, 1.807) is 12.4 Å². The number of hydrogen-bond donors (Lipinski definition) is 1. The Morgan fingerprint density at radius 3 is 2.17 bits per heavy atom. The van der Waals surface area contributed by atoms with Crippen LogP contribution in [0.15, 0.2) is 85.2 Å². The Balaban J connectivity index is 0.00000124. The van der Waals surface area contributed by atoms with Crippen LogP contribution in [0.2, 0.25) is 0 Å². The van der Waals surface area contributed by atoms with E-state index in [4.69, 9.17) is 4.98 Å². The van der Waals surface area contributed by atoms with Gasteiger partial charge in [-0.05, 0) is 17.7 Å². The minimum atomic E-state index is -0.159. The van der Waals surface area contributed by atoms with Crippen LogP contribution in [0.5, 0.6) is 0 Å². The number of rotatable bonds is 5. The molecule has 1 N–H and O–H groups in total. The summed E-state index contributed by atoms with van der Waals surface area (Å²) in [4.78, 5) is 22.1. The molecular weight excluding hydrogens is 372 g/mol. The molecule has 0 aliphatic rings. The van der Waals surface area contributed by atoms with Crippen molar-refractivity contribution in [2.75, 3.05) is 0 Å². The molecule has 0 saturated heterocycles. The SMILES string of the molecule is CC.Cn1c(-c2cccnc2)nc(-c2ccccc2)c1C(=O)NCc1ccccc1. The van der Waals surface area contributed by atoms with Gasteiger partial charge in [0.05, 0.1) is 0 Å². The molecule has 30 heavy (non-hydrogen) atoms. The molecular formula is C25H26N4O. The first-order valence-corrected chi connectivity index (χ1v) is 10.1. The molecule has 0 radical (unpaired) electrons. The van der Waals surface area contributed by atoms with Crippen LogP contribution in [0.1, 0.15) is 29.9 Å². The predicted octanol–water partition coefficient (Wildman–Crippen LogP) is 5.11. The molecule has 2 aromatic carbocycles. The van der Waals surface area contributed by atoms with Gasteiger partial charge in [-0.2, -0.15) is 0 Å². The average molecular weight is 399 g/mol. The third kappa shape index (κ3) is 4.63. The lowest BCUT2D eigenvalue weighted by Crippen LogP contribution is -2.25. The van der Waals surface area contributed by atoms with Crippen LogP contribution in [0, 0.1) is 0 Å². The molecule has 0 saturated carbocycles. The van der Waals surface area contributed by atoms with Crippen molar-refractivity contribution in [2.45, 2.75) is 20.4 Å². The molecule has 0 bridgehead atoms. The summed E-state index contributed by atoms with van der Waals surface area (Å²) in [5, 5.41) is 3.02. The number of carbonyl (C=O) groups excluding carboxylic acids is 1. The fraction of sp³-hybridized carbons (Fsp3) is 0.160. The smallest absolute Gasteiger partial charge is 0.270 e. The Labute approximate surface area is 177 Å². The maximum Gasteiger partial charge on any atom is 0.270 e. The Hall–Kier alpha value is -3.73. The number of nitrogens with one attached hydrogen (secondary N) is 1. The van der Waals surface area contributed by atoms with Crippen molar-refractivity contribution < 1.29 is 4.79 Å². The van der Waals surface area contributed by atoms with Crippen molar-refractivity contribution in [3.05, 3.63) is 96.4 Å². The minimum absolute atomic E-state index is 0.159. The minimum Gasteiger partial charge on any atom is -0.347 e. The van der Waals surface area contributed by atoms with Crippen LogP contribution >= 0.6 is 0 Å². The van der Waals surface area contributed by atoms with E-state index >= 15 is 0 Å². The van der Waals surface area contributed by atoms with Crippen LogP contribution < -0.4 is 5.32 Å². The Morgan fingerprint density at radius 2 is 1.53 bits per heavy atom. The highest BCUT2D eigenvalue weighted by Crippen LogP contribution is 2.28. The fourth-order valence-corrected chi connectivity index (χ4v) is 3.17. The summed E-state index contributed by atoms with van der Waals surface area (Å²) in [5.74, 6) is 0.546. The summed E-state index contributed by atoms with van der Waals surface area (Å²) in [7, 11) is 1.86. The normalized spacial score (nSPS) is 10.1. The highest BCUT2D eigenvalue weighted by Gasteiger charge is 2.22. The monoisotopic (exact) mass is 398 g/mol. The lowest BCUT2D eigenvalue weighted by atomic mass is 10.1. The summed E-state index contributed by atoms with van der Waals surface area (Å²) in [6.07, 6.45) is 3.47. The molecule has 1 amide bonds. The van der Waals surface area contributed by atoms with E-state index in [2.05, 4.69) is 10.3 Å². The molecule has 0 aliphatic heterocycles. The maximum atomic E-state index is 13.1. The lowest BCUT2D eigenvalue weighted by molar-refractivity contribution is 0.0943. The van der Waals surface area contributed by atoms with Crippen LogP contribution in [0.25, 0.3) is 22.6 Å². The van der Waals surface area contributed by atoms with Gasteiger partial charge in [0, 0.05) is 37.1 Å². The highest BCUT2D eigenvalue weighted by molar-refractivity contribution is 5.99. The molecule has 0 spiro atoms. The van der Waals surface area contributed by atoms with Gasteiger partial charge >= 0.3 is 0 Å². The largest absolute Gasteiger partial charge is 0.347 e. The van der Waals surface area contributed by atoms with E-state index in [9.17, 15) is 4.79 Å². The first-order valence-electron chi connectivity index (χ1n) is 10.1. The van der Waals surface area contributed by atoms with Gasteiger partial charge < -0.3 is 9.88 Å². The Bertz CT molecular complexity index is 1070. The third-order valence-corrected chi connectivity index (χ3v) is 4.57. The first kappa shape index (κ1) is 21.0. The van der Waals surface area contributed by atoms with E-state index in [0.29, 0.717) is 23.8 Å². The number of amides is 1. The molecule has 152 valence electrons. The van der Waals surface area contributed by atoms with Crippen molar-refractivity contribution in [3.63, 3.8) is 0 Å². The first-order chi connectivity index (χ1) is 14.7. The van der Waals surface area contributed by atoms with Gasteiger partial charge in [0.2, 0.25) is 0 Å². The molecule has 0 unspecified atom stereocenters. The number of imidazole rings is 1. The van der Waals surface area contributed by atoms with Gasteiger partial charge in [-0.1, -0.05) is 74.5 Å². The Morgan fingerprint density at radius 1 is 0.900 bits per heavy atom. The predicted molar refractivity (Wildman–Crippen MR) is 121 cm³/mol. The number of carbonyl (C=O) groups is 1. The van der Waals surface area contributed by atoms with Crippen molar-refractivity contribution in [1.29, 1.82) is 0 Å². The lowest BCUT2D eigenvalue weighted by Gasteiger charge is -2.09. The van der Waals surface area contributed by atoms with Crippen molar-refractivity contribution in [1.82, 2.24) is 19.9 Å². The topological polar surface area (TPSA) is 59.8 Å². The van der Waals surface area contributed by atoms with E-state index < -0.39 is 0 Å². The van der Waals surface area contributed by atoms with Crippen molar-refractivity contribution >= 4 is 5.91 Å². The fourth-order valence-electron chi connectivity index (χ4n) is 3.17. The van der Waals surface area contributed by atoms with E-state index in [-0.39, 0.29) is 5.91 Å². The Kier molecular flexibility index (Phi) is 7.11. The standard InChI is InChI=1S/C23H20N4O.C2H6/c1-27-21(23(28)25-15-17-9-4-2-5-10-17)20(18-11-6-3-7-12-18)26-22(27)19-13-8-14-24-16-19;1-2/h2-14,16H,15H2,1H3,(H,25,28);1-2H3. The van der Waals surface area contributed by atoms with Crippen LogP contribution in [-0.4, -0.2) is 20.4 Å². The van der Waals surface area contributed by atoms with Crippen LogP contribution in [0.4, 0.5) is 0 Å². The van der Waals surface area contributed by atoms with Crippen LogP contribution in [-0.2, 0) is 13.6 Å². The van der Waals surface area contributed by atoms with E-state index in [1.807, 2.05) is 98.3 Å². The molecule has 5 nitrogen and oxygen atoms in total. The summed E-state index contributed by atoms with van der Waals surface area (Å²) < 4.78 is 1.83. The number of benzene rings is 2. The van der Waals surface area contributed by atoms with E-state index in [0.717, 1.165) is 16.7 Å². The second kappa shape index (κ2) is 10.2. The van der Waals surface area contributed by atoms with Gasteiger partial charge in [-0.25, -0.2) is 4.98 Å². The number of pyridine rings is 1.